The van der Waals surface area contributed by atoms with Gasteiger partial charge < -0.3 is 15.6 Å². The fraction of sp³-hybridized carbons (Fsp3) is 0.556. The van der Waals surface area contributed by atoms with Crippen molar-refractivity contribution in [3.05, 3.63) is 10.6 Å². The van der Waals surface area contributed by atoms with E-state index in [9.17, 15) is 4.79 Å². The van der Waals surface area contributed by atoms with Crippen LogP contribution in [0.3, 0.4) is 0 Å². The van der Waals surface area contributed by atoms with Gasteiger partial charge in [0.15, 0.2) is 5.13 Å². The second-order valence-corrected chi connectivity index (χ2v) is 4.52. The summed E-state index contributed by atoms with van der Waals surface area (Å²) >= 11 is 1.03. The minimum atomic E-state index is -0.954. The molecule has 3 N–H and O–H groups in total. The Bertz CT molecular complexity index is 371. The van der Waals surface area contributed by atoms with Crippen LogP contribution >= 0.6 is 11.3 Å². The van der Waals surface area contributed by atoms with Gasteiger partial charge in [0.05, 0.1) is 12.3 Å². The van der Waals surface area contributed by atoms with Crippen LogP contribution in [0.1, 0.15) is 34.1 Å². The van der Waals surface area contributed by atoms with Crippen molar-refractivity contribution in [1.82, 2.24) is 4.98 Å². The number of carboxylic acids is 1. The maximum Gasteiger partial charge on any atom is 0.347 e. The molecule has 1 aromatic heterocycles. The molecule has 15 heavy (non-hydrogen) atoms. The van der Waals surface area contributed by atoms with E-state index in [1.807, 2.05) is 0 Å². The quantitative estimate of drug-likeness (QED) is 0.797. The van der Waals surface area contributed by atoms with Gasteiger partial charge in [0.25, 0.3) is 0 Å². The number of ether oxygens (including phenoxy) is 1. The Labute approximate surface area is 90.9 Å². The molecule has 82 valence electrons. The average molecular weight is 228 g/mol. The average Bonchev–Trinajstić information content (AvgIpc) is 2.62. The summed E-state index contributed by atoms with van der Waals surface area (Å²) in [4.78, 5) is 15.3. The lowest BCUT2D eigenvalue weighted by molar-refractivity contribution is 0.0684. The topological polar surface area (TPSA) is 85.4 Å². The molecule has 1 unspecified atom stereocenters. The number of nitrogen functional groups attached to an aromatic ring is 1. The van der Waals surface area contributed by atoms with E-state index in [-0.39, 0.29) is 10.8 Å². The van der Waals surface area contributed by atoms with E-state index in [0.29, 0.717) is 17.4 Å². The Morgan fingerprint density at radius 2 is 2.47 bits per heavy atom. The maximum atomic E-state index is 11.0. The minimum Gasteiger partial charge on any atom is -0.477 e. The standard InChI is InChI=1S/C9H12N2O3S/c10-9-11-6(7(15-9)8(12)13)5-2-1-3-14-4-5/h5H,1-4H2,(H2,10,11)(H,12,13). The first-order valence-corrected chi connectivity index (χ1v) is 5.57. The summed E-state index contributed by atoms with van der Waals surface area (Å²) in [7, 11) is 0. The molecule has 0 spiro atoms. The molecule has 1 aromatic rings. The number of nitrogens with two attached hydrogens (primary N) is 1. The Hall–Kier alpha value is -1.14. The number of aromatic carboxylic acids is 1. The third-order valence-electron chi connectivity index (χ3n) is 2.41. The van der Waals surface area contributed by atoms with Gasteiger partial charge in [-0.3, -0.25) is 0 Å². The second-order valence-electron chi connectivity index (χ2n) is 3.49. The summed E-state index contributed by atoms with van der Waals surface area (Å²) in [6.07, 6.45) is 1.87. The minimum absolute atomic E-state index is 0.0819. The van der Waals surface area contributed by atoms with E-state index in [1.54, 1.807) is 0 Å². The van der Waals surface area contributed by atoms with Crippen molar-refractivity contribution in [1.29, 1.82) is 0 Å². The zero-order valence-electron chi connectivity index (χ0n) is 8.10. The molecular formula is C9H12N2O3S. The molecule has 0 amide bonds. The highest BCUT2D eigenvalue weighted by atomic mass is 32.1. The third-order valence-corrected chi connectivity index (χ3v) is 3.30. The van der Waals surface area contributed by atoms with E-state index < -0.39 is 5.97 Å². The third kappa shape index (κ3) is 2.10. The predicted molar refractivity (Wildman–Crippen MR) is 56.3 cm³/mol. The molecule has 1 aliphatic rings. The molecule has 1 aliphatic heterocycles. The fourth-order valence-electron chi connectivity index (χ4n) is 1.74. The van der Waals surface area contributed by atoms with Gasteiger partial charge in [-0.05, 0) is 12.8 Å². The molecule has 2 rings (SSSR count). The molecule has 5 nitrogen and oxygen atoms in total. The van der Waals surface area contributed by atoms with Crippen molar-refractivity contribution in [2.45, 2.75) is 18.8 Å². The predicted octanol–water partition coefficient (Wildman–Crippen LogP) is 1.32. The first kappa shape index (κ1) is 10.4. The van der Waals surface area contributed by atoms with Crippen LogP contribution in [-0.4, -0.2) is 29.3 Å². The number of rotatable bonds is 2. The van der Waals surface area contributed by atoms with Crippen LogP contribution in [0.4, 0.5) is 5.13 Å². The zero-order chi connectivity index (χ0) is 10.8. The van der Waals surface area contributed by atoms with Crippen molar-refractivity contribution in [2.24, 2.45) is 0 Å². The molecule has 0 aromatic carbocycles. The van der Waals surface area contributed by atoms with Crippen molar-refractivity contribution >= 4 is 22.4 Å². The van der Waals surface area contributed by atoms with E-state index in [0.717, 1.165) is 30.8 Å². The van der Waals surface area contributed by atoms with Gasteiger partial charge in [0.1, 0.15) is 4.88 Å². The van der Waals surface area contributed by atoms with Crippen molar-refractivity contribution in [3.8, 4) is 0 Å². The molecule has 1 saturated heterocycles. The molecule has 6 heteroatoms. The first-order chi connectivity index (χ1) is 7.18. The zero-order valence-corrected chi connectivity index (χ0v) is 8.92. The number of hydrogen-bond acceptors (Lipinski definition) is 5. The molecule has 1 fully saturated rings. The van der Waals surface area contributed by atoms with Crippen LogP contribution in [0, 0.1) is 0 Å². The van der Waals surface area contributed by atoms with Crippen molar-refractivity contribution in [2.75, 3.05) is 18.9 Å². The van der Waals surface area contributed by atoms with Crippen LogP contribution in [-0.2, 0) is 4.74 Å². The Balaban J connectivity index is 2.28. The van der Waals surface area contributed by atoms with Gasteiger partial charge in [0, 0.05) is 12.5 Å². The van der Waals surface area contributed by atoms with E-state index in [1.165, 1.54) is 0 Å². The van der Waals surface area contributed by atoms with Crippen molar-refractivity contribution < 1.29 is 14.6 Å². The summed E-state index contributed by atoms with van der Waals surface area (Å²) in [6, 6.07) is 0. The number of nitrogens with zero attached hydrogens (tertiary/aromatic N) is 1. The lowest BCUT2D eigenvalue weighted by atomic mass is 9.98. The summed E-state index contributed by atoms with van der Waals surface area (Å²) in [6.45, 7) is 1.29. The number of thiazole rings is 1. The Morgan fingerprint density at radius 3 is 3.07 bits per heavy atom. The van der Waals surface area contributed by atoms with Crippen LogP contribution in [0.25, 0.3) is 0 Å². The second kappa shape index (κ2) is 4.16. The normalized spacial score (nSPS) is 21.5. The summed E-state index contributed by atoms with van der Waals surface area (Å²) in [5, 5.41) is 9.30. The summed E-state index contributed by atoms with van der Waals surface area (Å²) in [5.41, 5.74) is 6.11. The van der Waals surface area contributed by atoms with Crippen LogP contribution in [0.5, 0.6) is 0 Å². The lowest BCUT2D eigenvalue weighted by Gasteiger charge is -2.20. The maximum absolute atomic E-state index is 11.0. The fourth-order valence-corrected chi connectivity index (χ4v) is 2.49. The molecule has 2 heterocycles. The summed E-state index contributed by atoms with van der Waals surface area (Å²) < 4.78 is 5.31. The highest BCUT2D eigenvalue weighted by Crippen LogP contribution is 2.31. The van der Waals surface area contributed by atoms with Gasteiger partial charge in [-0.25, -0.2) is 9.78 Å². The lowest BCUT2D eigenvalue weighted by Crippen LogP contribution is -2.17. The van der Waals surface area contributed by atoms with E-state index in [2.05, 4.69) is 4.98 Å². The highest BCUT2D eigenvalue weighted by Gasteiger charge is 2.25. The number of aromatic nitrogens is 1. The summed E-state index contributed by atoms with van der Waals surface area (Å²) in [5.74, 6) is -0.872. The van der Waals surface area contributed by atoms with E-state index in [4.69, 9.17) is 15.6 Å². The number of carboxylic acid groups (broad SMARTS) is 1. The van der Waals surface area contributed by atoms with Gasteiger partial charge in [-0.1, -0.05) is 11.3 Å². The number of carbonyl (C=O) groups is 1. The van der Waals surface area contributed by atoms with Gasteiger partial charge in [-0.15, -0.1) is 0 Å². The molecule has 0 aliphatic carbocycles. The Kier molecular flexibility index (Phi) is 2.88. The van der Waals surface area contributed by atoms with Crippen LogP contribution in [0.2, 0.25) is 0 Å². The van der Waals surface area contributed by atoms with E-state index >= 15 is 0 Å². The first-order valence-electron chi connectivity index (χ1n) is 4.75. The molecule has 0 bridgehead atoms. The molecular weight excluding hydrogens is 216 g/mol. The Morgan fingerprint density at radius 1 is 1.67 bits per heavy atom. The molecule has 0 saturated carbocycles. The SMILES string of the molecule is Nc1nc(C2CCCOC2)c(C(=O)O)s1. The largest absolute Gasteiger partial charge is 0.477 e. The van der Waals surface area contributed by atoms with Crippen LogP contribution in [0.15, 0.2) is 0 Å². The van der Waals surface area contributed by atoms with Crippen molar-refractivity contribution in [3.63, 3.8) is 0 Å². The van der Waals surface area contributed by atoms with Gasteiger partial charge >= 0.3 is 5.97 Å². The van der Waals surface area contributed by atoms with Gasteiger partial charge in [0.2, 0.25) is 0 Å². The molecule has 1 atom stereocenters. The van der Waals surface area contributed by atoms with Gasteiger partial charge in [-0.2, -0.15) is 0 Å². The number of hydrogen-bond donors (Lipinski definition) is 2. The highest BCUT2D eigenvalue weighted by molar-refractivity contribution is 7.17. The smallest absolute Gasteiger partial charge is 0.347 e. The molecule has 0 radical (unpaired) electrons. The van der Waals surface area contributed by atoms with Crippen LogP contribution < -0.4 is 5.73 Å². The monoisotopic (exact) mass is 228 g/mol. The number of anilines is 1.